The topological polar surface area (TPSA) is 49.3 Å². The van der Waals surface area contributed by atoms with Gasteiger partial charge in [-0.05, 0) is 36.3 Å². The third kappa shape index (κ3) is 2.92. The van der Waals surface area contributed by atoms with E-state index in [-0.39, 0.29) is 16.9 Å². The first-order valence-corrected chi connectivity index (χ1v) is 6.48. The van der Waals surface area contributed by atoms with E-state index in [0.29, 0.717) is 6.54 Å². The molecule has 1 saturated heterocycles. The van der Waals surface area contributed by atoms with Crippen LogP contribution in [0, 0.1) is 0 Å². The molecule has 0 aliphatic carbocycles. The zero-order valence-electron chi connectivity index (χ0n) is 8.98. The van der Waals surface area contributed by atoms with Gasteiger partial charge < -0.3 is 10.4 Å². The minimum atomic E-state index is 0.117. The van der Waals surface area contributed by atoms with Crippen LogP contribution in [0.1, 0.15) is 18.4 Å². The summed E-state index contributed by atoms with van der Waals surface area (Å²) in [6, 6.07) is 6.96. The Morgan fingerprint density at radius 1 is 1.56 bits per heavy atom. The first-order valence-electron chi connectivity index (χ1n) is 5.43. The second-order valence-corrected chi connectivity index (χ2v) is 5.20. The monoisotopic (exact) mass is 237 g/mol. The normalized spacial score (nSPS) is 19.6. The van der Waals surface area contributed by atoms with Gasteiger partial charge in [0.1, 0.15) is 5.75 Å². The molecule has 2 N–H and O–H groups in total. The number of carbonyl (C=O) groups excluding carboxylic acids is 1. The lowest BCUT2D eigenvalue weighted by Crippen LogP contribution is -2.30. The van der Waals surface area contributed by atoms with Crippen LogP contribution in [0.25, 0.3) is 0 Å². The standard InChI is InChI=1S/C12H15NO2S/c14-10-4-1-3-9(7-10)8-13-12(15)11-5-2-6-16-11/h1,3-4,7,11,14H,2,5-6,8H2,(H,13,15). The van der Waals surface area contributed by atoms with Crippen molar-refractivity contribution >= 4 is 17.7 Å². The zero-order valence-corrected chi connectivity index (χ0v) is 9.80. The summed E-state index contributed by atoms with van der Waals surface area (Å²) in [5.74, 6) is 1.44. The Bertz CT molecular complexity index is 375. The lowest BCUT2D eigenvalue weighted by atomic mass is 10.2. The highest BCUT2D eigenvalue weighted by Gasteiger charge is 2.22. The molecule has 16 heavy (non-hydrogen) atoms. The number of nitrogens with one attached hydrogen (secondary N) is 1. The lowest BCUT2D eigenvalue weighted by Gasteiger charge is -2.09. The highest BCUT2D eigenvalue weighted by Crippen LogP contribution is 2.26. The van der Waals surface area contributed by atoms with E-state index in [2.05, 4.69) is 5.32 Å². The van der Waals surface area contributed by atoms with E-state index in [9.17, 15) is 9.90 Å². The van der Waals surface area contributed by atoms with Crippen LogP contribution in [0.4, 0.5) is 0 Å². The second kappa shape index (κ2) is 5.25. The molecule has 1 atom stereocenters. The van der Waals surface area contributed by atoms with Gasteiger partial charge in [-0.3, -0.25) is 4.79 Å². The van der Waals surface area contributed by atoms with Crippen molar-refractivity contribution in [2.75, 3.05) is 5.75 Å². The Hall–Kier alpha value is -1.16. The third-order valence-corrected chi connectivity index (χ3v) is 3.98. The van der Waals surface area contributed by atoms with Gasteiger partial charge in [-0.2, -0.15) is 0 Å². The number of hydrogen-bond donors (Lipinski definition) is 2. The number of phenolic OH excluding ortho intramolecular Hbond substituents is 1. The van der Waals surface area contributed by atoms with Crippen LogP contribution in [-0.2, 0) is 11.3 Å². The van der Waals surface area contributed by atoms with Gasteiger partial charge in [0.05, 0.1) is 5.25 Å². The van der Waals surface area contributed by atoms with Crippen molar-refractivity contribution in [3.63, 3.8) is 0 Å². The fourth-order valence-electron chi connectivity index (χ4n) is 1.75. The molecule has 1 aliphatic heterocycles. The van der Waals surface area contributed by atoms with Crippen LogP contribution < -0.4 is 5.32 Å². The Labute approximate surface area is 99.2 Å². The van der Waals surface area contributed by atoms with E-state index in [0.717, 1.165) is 24.2 Å². The van der Waals surface area contributed by atoms with Crippen molar-refractivity contribution in [3.8, 4) is 5.75 Å². The van der Waals surface area contributed by atoms with Gasteiger partial charge in [-0.1, -0.05) is 12.1 Å². The van der Waals surface area contributed by atoms with Crippen LogP contribution >= 0.6 is 11.8 Å². The van der Waals surface area contributed by atoms with E-state index >= 15 is 0 Å². The van der Waals surface area contributed by atoms with Crippen LogP contribution in [-0.4, -0.2) is 22.0 Å². The van der Waals surface area contributed by atoms with Crippen molar-refractivity contribution in [1.82, 2.24) is 5.32 Å². The first-order chi connectivity index (χ1) is 7.75. The summed E-state index contributed by atoms with van der Waals surface area (Å²) in [5.41, 5.74) is 0.927. The summed E-state index contributed by atoms with van der Waals surface area (Å²) in [6.45, 7) is 0.490. The summed E-state index contributed by atoms with van der Waals surface area (Å²) in [6.07, 6.45) is 2.12. The molecule has 1 heterocycles. The molecule has 1 aliphatic rings. The van der Waals surface area contributed by atoms with E-state index in [1.807, 2.05) is 6.07 Å². The highest BCUT2D eigenvalue weighted by molar-refractivity contribution is 8.00. The SMILES string of the molecule is O=C(NCc1cccc(O)c1)C1CCCS1. The molecule has 0 saturated carbocycles. The smallest absolute Gasteiger partial charge is 0.233 e. The highest BCUT2D eigenvalue weighted by atomic mass is 32.2. The predicted molar refractivity (Wildman–Crippen MR) is 65.4 cm³/mol. The minimum Gasteiger partial charge on any atom is -0.508 e. The summed E-state index contributed by atoms with van der Waals surface area (Å²) in [7, 11) is 0. The minimum absolute atomic E-state index is 0.117. The largest absolute Gasteiger partial charge is 0.508 e. The summed E-state index contributed by atoms with van der Waals surface area (Å²) < 4.78 is 0. The van der Waals surface area contributed by atoms with Crippen LogP contribution in [0.3, 0.4) is 0 Å². The van der Waals surface area contributed by atoms with E-state index in [1.165, 1.54) is 0 Å². The summed E-state index contributed by atoms with van der Waals surface area (Å²) in [5, 5.41) is 12.3. The van der Waals surface area contributed by atoms with Gasteiger partial charge in [0.15, 0.2) is 0 Å². The number of aromatic hydroxyl groups is 1. The van der Waals surface area contributed by atoms with Crippen molar-refractivity contribution in [2.24, 2.45) is 0 Å². The van der Waals surface area contributed by atoms with Gasteiger partial charge in [0.25, 0.3) is 0 Å². The van der Waals surface area contributed by atoms with Gasteiger partial charge in [-0.25, -0.2) is 0 Å². The molecule has 1 unspecified atom stereocenters. The molecule has 0 aromatic heterocycles. The average molecular weight is 237 g/mol. The fraction of sp³-hybridized carbons (Fsp3) is 0.417. The maximum Gasteiger partial charge on any atom is 0.233 e. The quantitative estimate of drug-likeness (QED) is 0.844. The number of rotatable bonds is 3. The third-order valence-electron chi connectivity index (χ3n) is 2.60. The molecule has 1 aromatic rings. The van der Waals surface area contributed by atoms with Crippen LogP contribution in [0.5, 0.6) is 5.75 Å². The molecule has 86 valence electrons. The van der Waals surface area contributed by atoms with Gasteiger partial charge in [0.2, 0.25) is 5.91 Å². The predicted octanol–water partition coefficient (Wildman–Crippen LogP) is 1.90. The molecule has 0 spiro atoms. The van der Waals surface area contributed by atoms with Gasteiger partial charge in [0, 0.05) is 6.54 Å². The Morgan fingerprint density at radius 3 is 3.12 bits per heavy atom. The van der Waals surface area contributed by atoms with Crippen molar-refractivity contribution in [1.29, 1.82) is 0 Å². The van der Waals surface area contributed by atoms with E-state index in [1.54, 1.807) is 30.0 Å². The maximum atomic E-state index is 11.7. The maximum absolute atomic E-state index is 11.7. The molecule has 4 heteroatoms. The Morgan fingerprint density at radius 2 is 2.44 bits per heavy atom. The Kier molecular flexibility index (Phi) is 3.72. The molecular formula is C12H15NO2S. The van der Waals surface area contributed by atoms with E-state index < -0.39 is 0 Å². The molecular weight excluding hydrogens is 222 g/mol. The summed E-state index contributed by atoms with van der Waals surface area (Å²) >= 11 is 1.73. The van der Waals surface area contributed by atoms with Gasteiger partial charge in [-0.15, -0.1) is 11.8 Å². The molecule has 3 nitrogen and oxygen atoms in total. The molecule has 0 radical (unpaired) electrons. The number of benzene rings is 1. The Balaban J connectivity index is 1.84. The number of carbonyl (C=O) groups is 1. The fourth-order valence-corrected chi connectivity index (χ4v) is 2.94. The number of hydrogen-bond acceptors (Lipinski definition) is 3. The zero-order chi connectivity index (χ0) is 11.4. The van der Waals surface area contributed by atoms with Gasteiger partial charge >= 0.3 is 0 Å². The molecule has 1 fully saturated rings. The number of thioether (sulfide) groups is 1. The molecule has 2 rings (SSSR count). The van der Waals surface area contributed by atoms with Crippen molar-refractivity contribution in [3.05, 3.63) is 29.8 Å². The number of amides is 1. The molecule has 1 amide bonds. The lowest BCUT2D eigenvalue weighted by molar-refractivity contribution is -0.120. The number of phenols is 1. The van der Waals surface area contributed by atoms with Crippen LogP contribution in [0.15, 0.2) is 24.3 Å². The van der Waals surface area contributed by atoms with E-state index in [4.69, 9.17) is 0 Å². The first kappa shape index (κ1) is 11.3. The van der Waals surface area contributed by atoms with Crippen molar-refractivity contribution < 1.29 is 9.90 Å². The molecule has 1 aromatic carbocycles. The average Bonchev–Trinajstić information content (AvgIpc) is 2.79. The molecule has 0 bridgehead atoms. The second-order valence-electron chi connectivity index (χ2n) is 3.89. The summed E-state index contributed by atoms with van der Waals surface area (Å²) in [4.78, 5) is 11.7. The van der Waals surface area contributed by atoms with Crippen LogP contribution in [0.2, 0.25) is 0 Å². The van der Waals surface area contributed by atoms with Crippen molar-refractivity contribution in [2.45, 2.75) is 24.6 Å².